The van der Waals surface area contributed by atoms with Gasteiger partial charge in [-0.15, -0.1) is 11.3 Å². The van der Waals surface area contributed by atoms with Crippen LogP contribution in [0.2, 0.25) is 10.0 Å². The molecule has 0 aliphatic rings. The van der Waals surface area contributed by atoms with E-state index in [-0.39, 0.29) is 26.3 Å². The highest BCUT2D eigenvalue weighted by Crippen LogP contribution is 2.43. The van der Waals surface area contributed by atoms with Gasteiger partial charge in [-0.3, -0.25) is 4.68 Å². The van der Waals surface area contributed by atoms with Crippen LogP contribution >= 0.6 is 46.3 Å². The van der Waals surface area contributed by atoms with Gasteiger partial charge in [-0.1, -0.05) is 41.9 Å². The zero-order valence-electron chi connectivity index (χ0n) is 13.3. The van der Waals surface area contributed by atoms with Gasteiger partial charge in [-0.05, 0) is 11.8 Å². The zero-order chi connectivity index (χ0) is 18.5. The fraction of sp³-hybridized carbons (Fsp3) is 0.286. The molecule has 0 spiro atoms. The topological polar surface area (TPSA) is 64.8 Å². The van der Waals surface area contributed by atoms with E-state index in [0.717, 1.165) is 27.1 Å². The Morgan fingerprint density at radius 2 is 2.08 bits per heavy atom. The van der Waals surface area contributed by atoms with Crippen LogP contribution in [0.25, 0.3) is 21.5 Å². The van der Waals surface area contributed by atoms with Crippen molar-refractivity contribution in [3.05, 3.63) is 21.9 Å². The molecule has 25 heavy (non-hydrogen) atoms. The fourth-order valence-electron chi connectivity index (χ4n) is 2.44. The second-order valence-electron chi connectivity index (χ2n) is 5.17. The van der Waals surface area contributed by atoms with Crippen LogP contribution < -0.4 is 0 Å². The van der Waals surface area contributed by atoms with Gasteiger partial charge < -0.3 is 0 Å². The number of nitrogens with zero attached hydrogens (tertiary/aromatic N) is 3. The molecular weight excluding hydrogens is 428 g/mol. The smallest absolute Gasteiger partial charge is 0.193 e. The molecule has 0 atom stereocenters. The van der Waals surface area contributed by atoms with E-state index in [1.807, 2.05) is 6.92 Å². The molecule has 0 amide bonds. The Bertz CT molecular complexity index is 1090. The summed E-state index contributed by atoms with van der Waals surface area (Å²) < 4.78 is 40.9. The Morgan fingerprint density at radius 1 is 1.40 bits per heavy atom. The summed E-state index contributed by atoms with van der Waals surface area (Å²) in [7, 11) is -2.18. The first-order chi connectivity index (χ1) is 11.6. The Labute approximate surface area is 162 Å². The molecule has 5 nitrogen and oxygen atoms in total. The van der Waals surface area contributed by atoms with Gasteiger partial charge in [0.25, 0.3) is 0 Å². The van der Waals surface area contributed by atoms with Crippen molar-refractivity contribution in [2.75, 3.05) is 12.0 Å². The third-order valence-corrected chi connectivity index (χ3v) is 7.38. The molecule has 0 fully saturated rings. The number of thiazole rings is 1. The van der Waals surface area contributed by atoms with Gasteiger partial charge in [0.1, 0.15) is 22.1 Å². The number of halogens is 3. The molecule has 3 aromatic rings. The molecule has 0 saturated heterocycles. The van der Waals surface area contributed by atoms with Crippen molar-refractivity contribution in [1.82, 2.24) is 14.8 Å². The molecule has 11 heteroatoms. The number of sulfone groups is 1. The molecule has 2 aromatic heterocycles. The Morgan fingerprint density at radius 3 is 2.64 bits per heavy atom. The zero-order valence-corrected chi connectivity index (χ0v) is 17.3. The molecule has 0 saturated carbocycles. The highest BCUT2D eigenvalue weighted by Gasteiger charge is 2.28. The van der Waals surface area contributed by atoms with E-state index in [0.29, 0.717) is 10.2 Å². The molecule has 0 N–H and O–H groups in total. The average Bonchev–Trinajstić information content (AvgIpc) is 3.01. The van der Waals surface area contributed by atoms with Crippen LogP contribution in [0.5, 0.6) is 0 Å². The number of hydrogen-bond acceptors (Lipinski definition) is 6. The molecule has 0 unspecified atom stereocenters. The van der Waals surface area contributed by atoms with Crippen LogP contribution in [0.3, 0.4) is 0 Å². The van der Waals surface area contributed by atoms with Gasteiger partial charge in [0.2, 0.25) is 0 Å². The first kappa shape index (κ1) is 18.9. The molecule has 2 heterocycles. The van der Waals surface area contributed by atoms with E-state index in [2.05, 4.69) is 10.1 Å². The van der Waals surface area contributed by atoms with Gasteiger partial charge in [0, 0.05) is 13.3 Å². The standard InChI is InChI=1S/C14H12Cl2FN3O2S3/c1-4-23-14-18-10-6(15)5-7(17)8(12(10)24-14)11-9(16)13(20(2)19-11)25(3,21)22/h5H,4H2,1-3H3. The number of thioether (sulfide) groups is 1. The van der Waals surface area contributed by atoms with E-state index in [9.17, 15) is 12.8 Å². The van der Waals surface area contributed by atoms with Crippen LogP contribution in [0.4, 0.5) is 4.39 Å². The van der Waals surface area contributed by atoms with Gasteiger partial charge >= 0.3 is 0 Å². The van der Waals surface area contributed by atoms with Crippen LogP contribution in [0.1, 0.15) is 6.92 Å². The number of rotatable bonds is 4. The van der Waals surface area contributed by atoms with Gasteiger partial charge in [-0.2, -0.15) is 5.10 Å². The molecule has 0 radical (unpaired) electrons. The lowest BCUT2D eigenvalue weighted by atomic mass is 10.1. The monoisotopic (exact) mass is 439 g/mol. The maximum atomic E-state index is 14.7. The van der Waals surface area contributed by atoms with Crippen molar-refractivity contribution in [1.29, 1.82) is 0 Å². The van der Waals surface area contributed by atoms with Crippen molar-refractivity contribution >= 4 is 66.4 Å². The summed E-state index contributed by atoms with van der Waals surface area (Å²) in [6.45, 7) is 1.98. The minimum Gasteiger partial charge on any atom is -0.255 e. The second kappa shape index (κ2) is 6.70. The normalized spacial score (nSPS) is 12.2. The maximum Gasteiger partial charge on any atom is 0.193 e. The highest BCUT2D eigenvalue weighted by atomic mass is 35.5. The summed E-state index contributed by atoms with van der Waals surface area (Å²) in [5.74, 6) is 0.173. The first-order valence-corrected chi connectivity index (χ1v) is 11.4. The van der Waals surface area contributed by atoms with Gasteiger partial charge in [-0.25, -0.2) is 17.8 Å². The van der Waals surface area contributed by atoms with Crippen molar-refractivity contribution in [3.8, 4) is 11.3 Å². The second-order valence-corrected chi connectivity index (χ2v) is 10.4. The summed E-state index contributed by atoms with van der Waals surface area (Å²) in [4.78, 5) is 4.42. The predicted molar refractivity (Wildman–Crippen MR) is 101 cm³/mol. The minimum absolute atomic E-state index is 0.0560. The van der Waals surface area contributed by atoms with E-state index < -0.39 is 15.7 Å². The molecular formula is C14H12Cl2FN3O2S3. The number of fused-ring (bicyclic) bond motifs is 1. The van der Waals surface area contributed by atoms with E-state index in [4.69, 9.17) is 23.2 Å². The minimum atomic E-state index is -3.63. The third-order valence-electron chi connectivity index (χ3n) is 3.35. The lowest BCUT2D eigenvalue weighted by Crippen LogP contribution is -2.05. The number of hydrogen-bond donors (Lipinski definition) is 0. The largest absolute Gasteiger partial charge is 0.255 e. The Kier molecular flexibility index (Phi) is 5.06. The molecule has 134 valence electrons. The number of benzene rings is 1. The summed E-state index contributed by atoms with van der Waals surface area (Å²) in [6.07, 6.45) is 1.02. The molecule has 0 bridgehead atoms. The number of aryl methyl sites for hydroxylation is 1. The van der Waals surface area contributed by atoms with Crippen molar-refractivity contribution in [2.45, 2.75) is 16.3 Å². The van der Waals surface area contributed by atoms with Crippen LogP contribution in [0, 0.1) is 5.82 Å². The first-order valence-electron chi connectivity index (χ1n) is 6.99. The van der Waals surface area contributed by atoms with Crippen LogP contribution in [0.15, 0.2) is 15.4 Å². The summed E-state index contributed by atoms with van der Waals surface area (Å²) >= 11 is 15.2. The van der Waals surface area contributed by atoms with E-state index >= 15 is 0 Å². The lowest BCUT2D eigenvalue weighted by molar-refractivity contribution is 0.583. The Balaban J connectivity index is 2.37. The Hall–Kier alpha value is -0.870. The van der Waals surface area contributed by atoms with Crippen molar-refractivity contribution in [3.63, 3.8) is 0 Å². The highest BCUT2D eigenvalue weighted by molar-refractivity contribution is 8.01. The quantitative estimate of drug-likeness (QED) is 0.553. The van der Waals surface area contributed by atoms with E-state index in [1.165, 1.54) is 30.1 Å². The van der Waals surface area contributed by atoms with Crippen LogP contribution in [-0.2, 0) is 16.9 Å². The van der Waals surface area contributed by atoms with Gasteiger partial charge in [0.05, 0.1) is 15.3 Å². The average molecular weight is 440 g/mol. The SMILES string of the molecule is CCSc1nc2c(Cl)cc(F)c(-c3nn(C)c(S(C)(=O)=O)c3Cl)c2s1. The molecule has 3 rings (SSSR count). The van der Waals surface area contributed by atoms with Crippen LogP contribution in [-0.4, -0.2) is 35.2 Å². The van der Waals surface area contributed by atoms with Crippen molar-refractivity contribution in [2.24, 2.45) is 7.05 Å². The van der Waals surface area contributed by atoms with E-state index in [1.54, 1.807) is 0 Å². The molecule has 0 aliphatic heterocycles. The summed E-state index contributed by atoms with van der Waals surface area (Å²) in [5.41, 5.74) is 0.609. The predicted octanol–water partition coefficient (Wildman–Crippen LogP) is 4.66. The lowest BCUT2D eigenvalue weighted by Gasteiger charge is -2.03. The summed E-state index contributed by atoms with van der Waals surface area (Å²) in [5, 5.41) is 4.04. The molecule has 0 aliphatic carbocycles. The maximum absolute atomic E-state index is 14.7. The molecule has 1 aromatic carbocycles. The fourth-order valence-corrected chi connectivity index (χ4v) is 6.45. The number of aromatic nitrogens is 3. The van der Waals surface area contributed by atoms with Gasteiger partial charge in [0.15, 0.2) is 19.2 Å². The summed E-state index contributed by atoms with van der Waals surface area (Å²) in [6, 6.07) is 1.14. The van der Waals surface area contributed by atoms with Crippen molar-refractivity contribution < 1.29 is 12.8 Å². The third kappa shape index (κ3) is 3.28.